The minimum atomic E-state index is -0.364. The standard InChI is InChI=1S/C14H23N3O2S2/c1-4-17-7-5-6-9(17)8-16-13-11(20-3)10(15)12(21-13)14(18)19-2/h9,16H,4-8,15H2,1-3H3. The third-order valence-electron chi connectivity index (χ3n) is 3.88. The van der Waals surface area contributed by atoms with Gasteiger partial charge in [0.1, 0.15) is 9.88 Å². The van der Waals surface area contributed by atoms with Gasteiger partial charge in [-0.2, -0.15) is 0 Å². The highest BCUT2D eigenvalue weighted by atomic mass is 32.2. The molecule has 1 atom stereocenters. The van der Waals surface area contributed by atoms with E-state index in [1.807, 2.05) is 6.26 Å². The van der Waals surface area contributed by atoms with Gasteiger partial charge in [0.15, 0.2) is 0 Å². The molecule has 0 aromatic carbocycles. The summed E-state index contributed by atoms with van der Waals surface area (Å²) in [5.74, 6) is -0.364. The van der Waals surface area contributed by atoms with E-state index in [1.165, 1.54) is 37.8 Å². The topological polar surface area (TPSA) is 67.6 Å². The highest BCUT2D eigenvalue weighted by Gasteiger charge is 2.25. The number of hydrogen-bond acceptors (Lipinski definition) is 7. The Kier molecular flexibility index (Phi) is 5.78. The number of hydrogen-bond donors (Lipinski definition) is 2. The van der Waals surface area contributed by atoms with Gasteiger partial charge in [-0.1, -0.05) is 6.92 Å². The van der Waals surface area contributed by atoms with E-state index >= 15 is 0 Å². The number of carbonyl (C=O) groups excluding carboxylic acids is 1. The first-order valence-corrected chi connectivity index (χ1v) is 9.18. The number of nitrogens with zero attached hydrogens (tertiary/aromatic N) is 1. The van der Waals surface area contributed by atoms with Crippen molar-refractivity contribution in [1.82, 2.24) is 4.90 Å². The van der Waals surface area contributed by atoms with E-state index in [-0.39, 0.29) is 5.97 Å². The predicted octanol–water partition coefficient (Wildman–Crippen LogP) is 2.74. The van der Waals surface area contributed by atoms with Crippen molar-refractivity contribution in [1.29, 1.82) is 0 Å². The van der Waals surface area contributed by atoms with Crippen LogP contribution in [0, 0.1) is 0 Å². The van der Waals surface area contributed by atoms with Crippen molar-refractivity contribution >= 4 is 39.8 Å². The Hall–Kier alpha value is -0.920. The van der Waals surface area contributed by atoms with Gasteiger partial charge in [0.25, 0.3) is 0 Å². The molecular formula is C14H23N3O2S2. The van der Waals surface area contributed by atoms with Crippen LogP contribution in [0.4, 0.5) is 10.7 Å². The average molecular weight is 329 g/mol. The van der Waals surface area contributed by atoms with E-state index in [0.717, 1.165) is 23.0 Å². The molecule has 1 aromatic heterocycles. The number of rotatable bonds is 6. The van der Waals surface area contributed by atoms with Gasteiger partial charge in [-0.15, -0.1) is 23.1 Å². The van der Waals surface area contributed by atoms with Crippen LogP contribution >= 0.6 is 23.1 Å². The van der Waals surface area contributed by atoms with Crippen LogP contribution in [0.3, 0.4) is 0 Å². The van der Waals surface area contributed by atoms with Crippen molar-refractivity contribution in [3.8, 4) is 0 Å². The number of nitrogens with two attached hydrogens (primary N) is 1. The van der Waals surface area contributed by atoms with Crippen molar-refractivity contribution in [3.63, 3.8) is 0 Å². The van der Waals surface area contributed by atoms with Crippen LogP contribution in [0.2, 0.25) is 0 Å². The van der Waals surface area contributed by atoms with E-state index in [2.05, 4.69) is 17.1 Å². The van der Waals surface area contributed by atoms with Crippen molar-refractivity contribution < 1.29 is 9.53 Å². The van der Waals surface area contributed by atoms with Crippen LogP contribution in [-0.2, 0) is 4.74 Å². The zero-order valence-electron chi connectivity index (χ0n) is 12.8. The monoisotopic (exact) mass is 329 g/mol. The summed E-state index contributed by atoms with van der Waals surface area (Å²) in [6.07, 6.45) is 4.45. The second-order valence-corrected chi connectivity index (χ2v) is 6.84. The number of anilines is 2. The number of nitrogens with one attached hydrogen (secondary N) is 1. The average Bonchev–Trinajstić information content (AvgIpc) is 3.07. The van der Waals surface area contributed by atoms with Gasteiger partial charge in [-0.05, 0) is 32.2 Å². The third kappa shape index (κ3) is 3.46. The van der Waals surface area contributed by atoms with Gasteiger partial charge in [-0.25, -0.2) is 4.79 Å². The van der Waals surface area contributed by atoms with Crippen LogP contribution in [0.15, 0.2) is 4.90 Å². The second-order valence-electron chi connectivity index (χ2n) is 5.00. The van der Waals surface area contributed by atoms with Crippen LogP contribution in [0.25, 0.3) is 0 Å². The molecule has 3 N–H and O–H groups in total. The van der Waals surface area contributed by atoms with E-state index in [1.54, 1.807) is 11.8 Å². The predicted molar refractivity (Wildman–Crippen MR) is 90.6 cm³/mol. The Morgan fingerprint density at radius 3 is 3.00 bits per heavy atom. The number of likely N-dealkylation sites (tertiary alicyclic amines) is 1. The summed E-state index contributed by atoms with van der Waals surface area (Å²) in [5, 5.41) is 4.45. The lowest BCUT2D eigenvalue weighted by molar-refractivity contribution is 0.0607. The molecule has 1 aliphatic heterocycles. The molecule has 2 rings (SSSR count). The maximum atomic E-state index is 11.7. The van der Waals surface area contributed by atoms with Gasteiger partial charge in [0.05, 0.1) is 17.7 Å². The highest BCUT2D eigenvalue weighted by molar-refractivity contribution is 7.99. The van der Waals surface area contributed by atoms with Gasteiger partial charge in [0.2, 0.25) is 0 Å². The number of thioether (sulfide) groups is 1. The zero-order valence-corrected chi connectivity index (χ0v) is 14.4. The minimum Gasteiger partial charge on any atom is -0.465 e. The molecule has 1 unspecified atom stereocenters. The molecule has 0 aliphatic carbocycles. The summed E-state index contributed by atoms with van der Waals surface area (Å²) >= 11 is 2.95. The molecule has 0 radical (unpaired) electrons. The lowest BCUT2D eigenvalue weighted by Gasteiger charge is -2.23. The van der Waals surface area contributed by atoms with Crippen molar-refractivity contribution in [3.05, 3.63) is 4.88 Å². The summed E-state index contributed by atoms with van der Waals surface area (Å²) in [7, 11) is 1.38. The number of ether oxygens (including phenoxy) is 1. The fourth-order valence-electron chi connectivity index (χ4n) is 2.75. The van der Waals surface area contributed by atoms with Crippen molar-refractivity contribution in [2.24, 2.45) is 0 Å². The number of likely N-dealkylation sites (N-methyl/N-ethyl adjacent to an activating group) is 1. The van der Waals surface area contributed by atoms with Crippen molar-refractivity contribution in [2.75, 3.05) is 44.1 Å². The molecule has 118 valence electrons. The molecule has 1 fully saturated rings. The van der Waals surface area contributed by atoms with E-state index in [9.17, 15) is 4.79 Å². The Morgan fingerprint density at radius 2 is 2.38 bits per heavy atom. The maximum absolute atomic E-state index is 11.7. The largest absolute Gasteiger partial charge is 0.465 e. The van der Waals surface area contributed by atoms with Gasteiger partial charge >= 0.3 is 5.97 Å². The van der Waals surface area contributed by atoms with Gasteiger partial charge in [0, 0.05) is 12.6 Å². The summed E-state index contributed by atoms with van der Waals surface area (Å²) < 4.78 is 4.79. The SMILES string of the molecule is CCN1CCCC1CNc1sc(C(=O)OC)c(N)c1SC. The van der Waals surface area contributed by atoms with E-state index in [4.69, 9.17) is 10.5 Å². The number of methoxy groups -OCH3 is 1. The number of nitrogen functional groups attached to an aromatic ring is 1. The van der Waals surface area contributed by atoms with Crippen LogP contribution in [0.5, 0.6) is 0 Å². The molecule has 1 aromatic rings. The molecule has 5 nitrogen and oxygen atoms in total. The number of carbonyl (C=O) groups is 1. The summed E-state index contributed by atoms with van der Waals surface area (Å²) in [5.41, 5.74) is 6.60. The lowest BCUT2D eigenvalue weighted by Crippen LogP contribution is -2.34. The molecule has 7 heteroatoms. The highest BCUT2D eigenvalue weighted by Crippen LogP contribution is 2.42. The Morgan fingerprint density at radius 1 is 1.62 bits per heavy atom. The Balaban J connectivity index is 2.10. The Bertz CT molecular complexity index is 505. The van der Waals surface area contributed by atoms with Crippen LogP contribution in [-0.4, -0.2) is 49.9 Å². The first-order valence-electron chi connectivity index (χ1n) is 7.14. The summed E-state index contributed by atoms with van der Waals surface area (Å²) in [6, 6.07) is 0.564. The fourth-order valence-corrected chi connectivity index (χ4v) is 4.71. The summed E-state index contributed by atoms with van der Waals surface area (Å²) in [4.78, 5) is 15.7. The lowest BCUT2D eigenvalue weighted by atomic mass is 10.2. The van der Waals surface area contributed by atoms with Gasteiger partial charge in [-0.3, -0.25) is 4.90 Å². The second kappa shape index (κ2) is 7.38. The molecule has 21 heavy (non-hydrogen) atoms. The third-order valence-corrected chi connectivity index (χ3v) is 5.98. The van der Waals surface area contributed by atoms with Crippen LogP contribution in [0.1, 0.15) is 29.4 Å². The maximum Gasteiger partial charge on any atom is 0.350 e. The van der Waals surface area contributed by atoms with Gasteiger partial charge < -0.3 is 15.8 Å². The molecule has 1 saturated heterocycles. The Labute approximate surface area is 134 Å². The van der Waals surface area contributed by atoms with Crippen molar-refractivity contribution in [2.45, 2.75) is 30.7 Å². The molecule has 0 amide bonds. The smallest absolute Gasteiger partial charge is 0.350 e. The van der Waals surface area contributed by atoms with E-state index < -0.39 is 0 Å². The quantitative estimate of drug-likeness (QED) is 0.618. The fraction of sp³-hybridized carbons (Fsp3) is 0.643. The molecule has 0 bridgehead atoms. The number of esters is 1. The first kappa shape index (κ1) is 16.5. The molecule has 1 aliphatic rings. The molecular weight excluding hydrogens is 306 g/mol. The first-order chi connectivity index (χ1) is 10.1. The summed E-state index contributed by atoms with van der Waals surface area (Å²) in [6.45, 7) is 5.35. The molecule has 2 heterocycles. The minimum absolute atomic E-state index is 0.364. The van der Waals surface area contributed by atoms with Crippen LogP contribution < -0.4 is 11.1 Å². The normalized spacial score (nSPS) is 18.9. The molecule has 0 spiro atoms. The van der Waals surface area contributed by atoms with E-state index in [0.29, 0.717) is 16.6 Å². The molecule has 0 saturated carbocycles. The zero-order chi connectivity index (χ0) is 15.4. The number of thiophene rings is 1.